The highest BCUT2D eigenvalue weighted by molar-refractivity contribution is 6.45. The van der Waals surface area contributed by atoms with Gasteiger partial charge in [-0.25, -0.2) is 19.2 Å². The number of amides is 6. The van der Waals surface area contributed by atoms with Gasteiger partial charge in [-0.05, 0) is 248 Å². The number of esters is 4. The Bertz CT molecular complexity index is 5830. The summed E-state index contributed by atoms with van der Waals surface area (Å²) in [4.78, 5) is 156. The molecule has 0 spiro atoms. The van der Waals surface area contributed by atoms with Crippen molar-refractivity contribution in [3.63, 3.8) is 0 Å². The number of hydrogen-bond donors (Lipinski definition) is 0. The van der Waals surface area contributed by atoms with Crippen molar-refractivity contribution in [3.8, 4) is 69.0 Å². The van der Waals surface area contributed by atoms with Crippen LogP contribution in [-0.4, -0.2) is 166 Å². The van der Waals surface area contributed by atoms with Crippen LogP contribution in [0.2, 0.25) is 0 Å². The number of nitrogens with zero attached hydrogens (tertiary/aromatic N) is 4. The molecule has 11 aromatic carbocycles. The predicted octanol–water partition coefficient (Wildman–Crippen LogP) is 21.0. The van der Waals surface area contributed by atoms with Crippen LogP contribution >= 0.6 is 0 Å². The van der Waals surface area contributed by atoms with Gasteiger partial charge in [0.1, 0.15) is 130 Å². The molecule has 2 saturated heterocycles. The molecule has 0 aromatic heterocycles. The predicted molar refractivity (Wildman–Crippen MR) is 515 cm³/mol. The first-order valence-electron chi connectivity index (χ1n) is 48.2. The van der Waals surface area contributed by atoms with Gasteiger partial charge in [-0.1, -0.05) is 87.0 Å². The quantitative estimate of drug-likeness (QED) is 0.00944. The highest BCUT2D eigenvalue weighted by atomic mass is 16.6. The van der Waals surface area contributed by atoms with Gasteiger partial charge in [0.2, 0.25) is 11.8 Å². The summed E-state index contributed by atoms with van der Waals surface area (Å²) in [6.45, 7) is 15.9. The molecule has 19 rings (SSSR count). The van der Waals surface area contributed by atoms with Crippen LogP contribution in [0.5, 0.6) is 69.0 Å². The zero-order chi connectivity index (χ0) is 95.2. The number of likely N-dealkylation sites (tertiary alicyclic amines) is 2. The summed E-state index contributed by atoms with van der Waals surface area (Å²) in [6.07, 6.45) is 15.8. The van der Waals surface area contributed by atoms with Crippen LogP contribution in [0.1, 0.15) is 194 Å². The number of hydrogen-bond acceptors (Lipinski definition) is 22. The van der Waals surface area contributed by atoms with Gasteiger partial charge in [0.05, 0.1) is 22.3 Å². The highest BCUT2D eigenvalue weighted by Gasteiger charge is 2.49. The van der Waals surface area contributed by atoms with Crippen LogP contribution in [0.15, 0.2) is 233 Å². The molecule has 26 heteroatoms. The Labute approximate surface area is 798 Å². The van der Waals surface area contributed by atoms with Crippen molar-refractivity contribution in [3.05, 3.63) is 266 Å². The van der Waals surface area contributed by atoms with Gasteiger partial charge >= 0.3 is 23.9 Å². The first-order valence-corrected chi connectivity index (χ1v) is 48.2. The zero-order valence-corrected chi connectivity index (χ0v) is 76.8. The van der Waals surface area contributed by atoms with Crippen LogP contribution in [0.4, 0.5) is 0 Å². The molecule has 0 N–H and O–H groups in total. The summed E-state index contributed by atoms with van der Waals surface area (Å²) in [5, 5.41) is 1.21. The van der Waals surface area contributed by atoms with Crippen LogP contribution < -0.4 is 37.9 Å². The van der Waals surface area contributed by atoms with Crippen LogP contribution in [0.25, 0.3) is 43.1 Å². The number of imide groups is 2. The number of rotatable bonds is 32. The van der Waals surface area contributed by atoms with E-state index in [1.54, 1.807) is 131 Å². The maximum absolute atomic E-state index is 17.1. The average molecular weight is 1860 g/mol. The summed E-state index contributed by atoms with van der Waals surface area (Å²) in [6, 6.07) is 49.5. The van der Waals surface area contributed by atoms with E-state index in [4.69, 9.17) is 56.8 Å². The van der Waals surface area contributed by atoms with Gasteiger partial charge in [0.15, 0.2) is 0 Å². The molecule has 4 saturated carbocycles. The van der Waals surface area contributed by atoms with Crippen LogP contribution in [0.3, 0.4) is 0 Å². The number of carbonyl (C=O) groups is 10. The van der Waals surface area contributed by atoms with Crippen molar-refractivity contribution in [1.29, 1.82) is 0 Å². The van der Waals surface area contributed by atoms with E-state index in [1.807, 2.05) is 60.7 Å². The van der Waals surface area contributed by atoms with Crippen molar-refractivity contribution >= 4 is 102 Å². The number of fused-ring (bicyclic) bond motifs is 2. The van der Waals surface area contributed by atoms with Gasteiger partial charge in [-0.15, -0.1) is 0 Å². The first-order chi connectivity index (χ1) is 67.3. The maximum Gasteiger partial charge on any atom is 0.330 e. The van der Waals surface area contributed by atoms with Gasteiger partial charge < -0.3 is 66.6 Å². The third-order valence-electron chi connectivity index (χ3n) is 27.6. The summed E-state index contributed by atoms with van der Waals surface area (Å²) >= 11 is 0. The SMILES string of the molecule is C=CC(=O)OC1CCCC(Oc2ccc(Oc3cc4c5c(cc(Oc6ccc(OC7CCCC(OC(=O)C=C)C7)cc6)c6c7c(Oc8ccc(OC9CCCC(OC(=O)C=C)C9)cc8)cc8c9c(cc(Oc%10ccc(OC%11CCCC(OC(=O)C=C)C%11)cc%10)c(c3c56)c97)C(=O)N(C(Cc3ccccc3)C(=O)N3CCCCC3)C8=O)C(=O)N(C(Cc3ccccc3)C(=O)N3CCCCC3)C4=O)cc2)C1. The fourth-order valence-electron chi connectivity index (χ4n) is 21.1. The molecule has 4 heterocycles. The smallest absolute Gasteiger partial charge is 0.330 e. The highest BCUT2D eigenvalue weighted by Crippen LogP contribution is 2.59. The summed E-state index contributed by atoms with van der Waals surface area (Å²) in [5.74, 6) is -3.78. The molecule has 4 aliphatic carbocycles. The number of piperidine rings is 2. The molecule has 0 bridgehead atoms. The molecule has 0 radical (unpaired) electrons. The molecule has 138 heavy (non-hydrogen) atoms. The Balaban J connectivity index is 0.872. The van der Waals surface area contributed by atoms with E-state index in [9.17, 15) is 19.2 Å². The zero-order valence-electron chi connectivity index (χ0n) is 76.8. The second kappa shape index (κ2) is 41.0. The Kier molecular flexibility index (Phi) is 27.4. The second-order valence-corrected chi connectivity index (χ2v) is 36.8. The monoisotopic (exact) mass is 1860 g/mol. The normalized spacial score (nSPS) is 20.9. The molecule has 10 atom stereocenters. The molecule has 26 nitrogen and oxygen atoms in total. The third-order valence-corrected chi connectivity index (χ3v) is 27.6. The molecule has 10 unspecified atom stereocenters. The topological polar surface area (TPSA) is 294 Å². The van der Waals surface area contributed by atoms with Gasteiger partial charge in [0.25, 0.3) is 23.6 Å². The van der Waals surface area contributed by atoms with Crippen LogP contribution in [0, 0.1) is 0 Å². The van der Waals surface area contributed by atoms with Crippen molar-refractivity contribution in [2.45, 2.75) is 215 Å². The summed E-state index contributed by atoms with van der Waals surface area (Å²) in [5.41, 5.74) is 1.09. The van der Waals surface area contributed by atoms with Crippen molar-refractivity contribution in [2.75, 3.05) is 26.2 Å². The molecular formula is C112H108N4O22. The number of ether oxygens (including phenoxy) is 12. The average Bonchev–Trinajstić information content (AvgIpc) is 0.668. The van der Waals surface area contributed by atoms with E-state index >= 15 is 28.8 Å². The molecule has 8 aliphatic rings. The van der Waals surface area contributed by atoms with Gasteiger partial charge in [-0.3, -0.25) is 38.6 Å². The minimum atomic E-state index is -1.41. The van der Waals surface area contributed by atoms with Crippen molar-refractivity contribution < 1.29 is 105 Å². The minimum Gasteiger partial charge on any atom is -0.490 e. The standard InChI is InChI=1S/C112H108N4O22/c1-5-95(117)135-81-33-21-29-77(59-81)127-69-37-45-73(46-38-69)131-91-63-85-99-86(108(122)115(107(85)121)89(57-67-25-13-9-14-26-67)111(125)113-53-17-11-18-54-113)65-93(133-75-49-41-71(42-50-75)129-79-31-23-35-83(61-79)137-97(119)7-3)103-104-94(134-76-51-43-72(44-52-76)130-80-32-24-36-84(62-80)138-98(120)8-4)66-88-100-87(109(123)116(110(88)124)90(58-68-27-15-10-16-28-68)112(126)114-55-19-12-20-56-114)64-92(102(106(100)104)101(91)105(99)103)132-74-47-39-70(40-48-74)128-78-30-22-34-82(60-78)136-96(118)6-2/h5-10,13-16,25-28,37-52,63-66,77-84,89-90H,1-4,11-12,17-24,29-36,53-62H2. The Morgan fingerprint density at radius 1 is 0.283 bits per heavy atom. The van der Waals surface area contributed by atoms with Crippen molar-refractivity contribution in [2.24, 2.45) is 0 Å². The largest absolute Gasteiger partial charge is 0.490 e. The summed E-state index contributed by atoms with van der Waals surface area (Å²) in [7, 11) is 0. The lowest BCUT2D eigenvalue weighted by Crippen LogP contribution is -2.56. The number of carbonyl (C=O) groups excluding carboxylic acids is 10. The number of benzene rings is 11. The van der Waals surface area contributed by atoms with E-state index in [1.165, 1.54) is 0 Å². The van der Waals surface area contributed by atoms with E-state index in [0.29, 0.717) is 163 Å². The fraction of sp³-hybridized carbons (Fsp3) is 0.339. The Hall–Kier alpha value is -14.8. The third kappa shape index (κ3) is 19.8. The van der Waals surface area contributed by atoms with E-state index in [-0.39, 0.29) is 149 Å². The fourth-order valence-corrected chi connectivity index (χ4v) is 21.1. The summed E-state index contributed by atoms with van der Waals surface area (Å²) < 4.78 is 79.7. The molecule has 708 valence electrons. The van der Waals surface area contributed by atoms with E-state index in [0.717, 1.165) is 72.6 Å². The minimum absolute atomic E-state index is 0.0270. The van der Waals surface area contributed by atoms with E-state index in [2.05, 4.69) is 26.3 Å². The second-order valence-electron chi connectivity index (χ2n) is 36.8. The van der Waals surface area contributed by atoms with E-state index < -0.39 is 95.8 Å². The Morgan fingerprint density at radius 3 is 0.754 bits per heavy atom. The lowest BCUT2D eigenvalue weighted by Gasteiger charge is -2.38. The Morgan fingerprint density at radius 2 is 0.514 bits per heavy atom. The van der Waals surface area contributed by atoms with Gasteiger partial charge in [-0.2, -0.15) is 0 Å². The first kappa shape index (κ1) is 92.3. The van der Waals surface area contributed by atoms with Crippen LogP contribution in [-0.2, 0) is 60.6 Å². The molecule has 6 amide bonds. The maximum atomic E-state index is 17.1. The molecule has 11 aromatic rings. The molecule has 6 fully saturated rings. The van der Waals surface area contributed by atoms with Crippen molar-refractivity contribution in [1.82, 2.24) is 19.6 Å². The molecule has 4 aliphatic heterocycles. The molecular weight excluding hydrogens is 1750 g/mol. The lowest BCUT2D eigenvalue weighted by atomic mass is 9.80. The lowest BCUT2D eigenvalue weighted by molar-refractivity contribution is -0.146. The van der Waals surface area contributed by atoms with Gasteiger partial charge in [0, 0.05) is 132 Å².